The van der Waals surface area contributed by atoms with Crippen LogP contribution >= 0.6 is 0 Å². The number of phenolic OH excluding ortho intramolecular Hbond substituents is 1. The molecule has 0 aliphatic heterocycles. The van der Waals surface area contributed by atoms with Gasteiger partial charge >= 0.3 is 0 Å². The average molecular weight is 717 g/mol. The second-order valence-electron chi connectivity index (χ2n) is 14.7. The minimum Gasteiger partial charge on any atom is -0.507 e. The number of rotatable bonds is 11. The Labute approximate surface area is 323 Å². The first-order valence-electron chi connectivity index (χ1n) is 19.6. The lowest BCUT2D eigenvalue weighted by molar-refractivity contribution is 0.226. The summed E-state index contributed by atoms with van der Waals surface area (Å²) in [6, 6.07) is 55.6. The SMILES string of the molecule is CCCCC(CC)COc1cc(-c2cc3c(c4ccccc24)-c2c(ccc4ccccc24)C3(c2ccccc2)c2ccccc2)nc(-c2ccccc2O)n1. The van der Waals surface area contributed by atoms with Gasteiger partial charge in [-0.15, -0.1) is 0 Å². The maximum absolute atomic E-state index is 11.1. The highest BCUT2D eigenvalue weighted by molar-refractivity contribution is 6.15. The number of aromatic nitrogens is 2. The summed E-state index contributed by atoms with van der Waals surface area (Å²) in [6.45, 7) is 5.03. The van der Waals surface area contributed by atoms with E-state index in [-0.39, 0.29) is 5.75 Å². The van der Waals surface area contributed by atoms with E-state index in [4.69, 9.17) is 14.7 Å². The van der Waals surface area contributed by atoms with E-state index in [0.29, 0.717) is 29.8 Å². The fourth-order valence-corrected chi connectivity index (χ4v) is 8.84. The normalized spacial score (nSPS) is 13.4. The highest BCUT2D eigenvalue weighted by Crippen LogP contribution is 2.60. The van der Waals surface area contributed by atoms with Crippen LogP contribution in [0.25, 0.3) is 55.3 Å². The summed E-state index contributed by atoms with van der Waals surface area (Å²) < 4.78 is 6.57. The van der Waals surface area contributed by atoms with Crippen LogP contribution in [0, 0.1) is 5.92 Å². The van der Waals surface area contributed by atoms with Crippen molar-refractivity contribution in [1.82, 2.24) is 9.97 Å². The number of hydrogen-bond donors (Lipinski definition) is 1. The molecule has 0 saturated heterocycles. The molecule has 1 N–H and O–H groups in total. The molecule has 1 heterocycles. The van der Waals surface area contributed by atoms with E-state index in [1.54, 1.807) is 6.07 Å². The van der Waals surface area contributed by atoms with E-state index < -0.39 is 5.41 Å². The van der Waals surface area contributed by atoms with Crippen molar-refractivity contribution < 1.29 is 9.84 Å². The first-order valence-corrected chi connectivity index (χ1v) is 19.6. The topological polar surface area (TPSA) is 55.2 Å². The number of ether oxygens (including phenoxy) is 1. The van der Waals surface area contributed by atoms with Crippen LogP contribution in [0.2, 0.25) is 0 Å². The fourth-order valence-electron chi connectivity index (χ4n) is 8.84. The summed E-state index contributed by atoms with van der Waals surface area (Å²) in [6.07, 6.45) is 4.48. The van der Waals surface area contributed by atoms with Crippen molar-refractivity contribution in [2.24, 2.45) is 5.92 Å². The van der Waals surface area contributed by atoms with Crippen molar-refractivity contribution in [3.8, 4) is 45.4 Å². The standard InChI is InChI=1S/C51H44N2O2/c1-3-5-18-34(4-2)33-55-47-32-45(52-50(53-47)41-27-16-17-28-46(41)54)42-31-44-49(40-26-15-14-25-39(40)42)48-38-24-13-12-19-35(38)29-30-43(48)51(44,36-20-8-6-9-21-36)37-22-10-7-11-23-37/h6-17,19-32,34,54H,3-5,18,33H2,1-2H3. The fraction of sp³-hybridized carbons (Fsp3) is 0.176. The van der Waals surface area contributed by atoms with Crippen LogP contribution in [0.5, 0.6) is 11.6 Å². The molecule has 0 radical (unpaired) electrons. The quantitative estimate of drug-likeness (QED) is 0.145. The third kappa shape index (κ3) is 5.84. The van der Waals surface area contributed by atoms with Crippen molar-refractivity contribution in [2.75, 3.05) is 6.61 Å². The van der Waals surface area contributed by atoms with Crippen molar-refractivity contribution in [3.05, 3.63) is 180 Å². The van der Waals surface area contributed by atoms with Crippen molar-refractivity contribution >= 4 is 21.5 Å². The Morgan fingerprint density at radius 2 is 1.24 bits per heavy atom. The first-order chi connectivity index (χ1) is 27.1. The molecule has 7 aromatic carbocycles. The summed E-state index contributed by atoms with van der Waals surface area (Å²) in [5, 5.41) is 15.8. The van der Waals surface area contributed by atoms with E-state index in [1.807, 2.05) is 24.3 Å². The van der Waals surface area contributed by atoms with Gasteiger partial charge in [0, 0.05) is 11.6 Å². The zero-order valence-corrected chi connectivity index (χ0v) is 31.4. The van der Waals surface area contributed by atoms with Crippen LogP contribution in [0.15, 0.2) is 158 Å². The Morgan fingerprint density at radius 1 is 0.600 bits per heavy atom. The maximum Gasteiger partial charge on any atom is 0.217 e. The zero-order valence-electron chi connectivity index (χ0n) is 31.4. The summed E-state index contributed by atoms with van der Waals surface area (Å²) in [7, 11) is 0. The Kier molecular flexibility index (Phi) is 9.11. The maximum atomic E-state index is 11.1. The van der Waals surface area contributed by atoms with Crippen molar-refractivity contribution in [1.29, 1.82) is 0 Å². The van der Waals surface area contributed by atoms with Crippen LogP contribution in [0.1, 0.15) is 61.8 Å². The molecule has 0 amide bonds. The second-order valence-corrected chi connectivity index (χ2v) is 14.7. The number of hydrogen-bond acceptors (Lipinski definition) is 4. The summed E-state index contributed by atoms with van der Waals surface area (Å²) in [5.41, 5.74) is 9.09. The molecule has 1 aliphatic rings. The lowest BCUT2D eigenvalue weighted by Crippen LogP contribution is -2.28. The van der Waals surface area contributed by atoms with Crippen LogP contribution in [0.3, 0.4) is 0 Å². The summed E-state index contributed by atoms with van der Waals surface area (Å²) >= 11 is 0. The number of unbranched alkanes of at least 4 members (excludes halogenated alkanes) is 1. The Morgan fingerprint density at radius 3 is 1.95 bits per heavy atom. The average Bonchev–Trinajstić information content (AvgIpc) is 3.56. The van der Waals surface area contributed by atoms with Crippen LogP contribution in [0.4, 0.5) is 0 Å². The van der Waals surface area contributed by atoms with E-state index in [0.717, 1.165) is 41.3 Å². The molecule has 4 heteroatoms. The number of fused-ring (bicyclic) bond motifs is 7. The molecule has 1 atom stereocenters. The first kappa shape index (κ1) is 34.5. The minimum absolute atomic E-state index is 0.133. The second kappa shape index (κ2) is 14.5. The Bertz CT molecular complexity index is 2610. The third-order valence-corrected chi connectivity index (χ3v) is 11.6. The number of para-hydroxylation sites is 1. The Hall–Kier alpha value is -6.26. The van der Waals surface area contributed by atoms with Gasteiger partial charge in [-0.25, -0.2) is 4.98 Å². The molecule has 0 bridgehead atoms. The van der Waals surface area contributed by atoms with Crippen LogP contribution < -0.4 is 4.74 Å². The smallest absolute Gasteiger partial charge is 0.217 e. The van der Waals surface area contributed by atoms with E-state index in [1.165, 1.54) is 50.6 Å². The zero-order chi connectivity index (χ0) is 37.4. The predicted octanol–water partition coefficient (Wildman–Crippen LogP) is 12.8. The lowest BCUT2D eigenvalue weighted by atomic mass is 9.67. The molecule has 0 spiro atoms. The summed E-state index contributed by atoms with van der Waals surface area (Å²) in [4.78, 5) is 10.2. The largest absolute Gasteiger partial charge is 0.507 e. The molecule has 55 heavy (non-hydrogen) atoms. The molecule has 9 rings (SSSR count). The van der Waals surface area contributed by atoms with Crippen LogP contribution in [-0.4, -0.2) is 21.7 Å². The molecule has 270 valence electrons. The molecule has 0 saturated carbocycles. The van der Waals surface area contributed by atoms with Gasteiger partial charge in [0.1, 0.15) is 5.75 Å². The third-order valence-electron chi connectivity index (χ3n) is 11.6. The van der Waals surface area contributed by atoms with Gasteiger partial charge in [-0.1, -0.05) is 167 Å². The lowest BCUT2D eigenvalue weighted by Gasteiger charge is -2.34. The number of benzene rings is 7. The highest BCUT2D eigenvalue weighted by atomic mass is 16.5. The van der Waals surface area contributed by atoms with Gasteiger partial charge < -0.3 is 9.84 Å². The minimum atomic E-state index is -0.615. The van der Waals surface area contributed by atoms with Gasteiger partial charge in [0.05, 0.1) is 23.3 Å². The van der Waals surface area contributed by atoms with Gasteiger partial charge in [-0.3, -0.25) is 0 Å². The van der Waals surface area contributed by atoms with Crippen molar-refractivity contribution in [2.45, 2.75) is 44.9 Å². The van der Waals surface area contributed by atoms with Gasteiger partial charge in [0.25, 0.3) is 0 Å². The highest BCUT2D eigenvalue weighted by Gasteiger charge is 2.47. The molecule has 1 unspecified atom stereocenters. The molecule has 8 aromatic rings. The van der Waals surface area contributed by atoms with Gasteiger partial charge in [-0.2, -0.15) is 4.98 Å². The van der Waals surface area contributed by atoms with E-state index in [2.05, 4.69) is 141 Å². The molecule has 4 nitrogen and oxygen atoms in total. The number of aromatic hydroxyl groups is 1. The van der Waals surface area contributed by atoms with Crippen LogP contribution in [-0.2, 0) is 5.41 Å². The van der Waals surface area contributed by atoms with Gasteiger partial charge in [0.2, 0.25) is 5.88 Å². The molecular formula is C51H44N2O2. The van der Waals surface area contributed by atoms with Crippen molar-refractivity contribution in [3.63, 3.8) is 0 Å². The van der Waals surface area contributed by atoms with E-state index in [9.17, 15) is 5.11 Å². The number of nitrogens with zero attached hydrogens (tertiary/aromatic N) is 2. The van der Waals surface area contributed by atoms with E-state index >= 15 is 0 Å². The number of phenols is 1. The monoisotopic (exact) mass is 716 g/mol. The van der Waals surface area contributed by atoms with Gasteiger partial charge in [0.15, 0.2) is 5.82 Å². The molecule has 1 aliphatic carbocycles. The Balaban J connectivity index is 1.36. The molecule has 1 aromatic heterocycles. The molecule has 0 fully saturated rings. The van der Waals surface area contributed by atoms with Gasteiger partial charge in [-0.05, 0) is 85.5 Å². The predicted molar refractivity (Wildman–Crippen MR) is 226 cm³/mol. The summed E-state index contributed by atoms with van der Waals surface area (Å²) in [5.74, 6) is 1.50. The molecular weight excluding hydrogens is 673 g/mol.